The second-order valence-corrected chi connectivity index (χ2v) is 6.85. The summed E-state index contributed by atoms with van der Waals surface area (Å²) < 4.78 is 48.8. The molecule has 0 saturated carbocycles. The summed E-state index contributed by atoms with van der Waals surface area (Å²) in [5, 5.41) is 3.10. The predicted molar refractivity (Wildman–Crippen MR) is 77.9 cm³/mol. The van der Waals surface area contributed by atoms with Crippen LogP contribution >= 0.6 is 0 Å². The number of sulfone groups is 1. The fourth-order valence-corrected chi connectivity index (χ4v) is 2.54. The molecule has 0 bridgehead atoms. The van der Waals surface area contributed by atoms with Crippen molar-refractivity contribution in [3.8, 4) is 0 Å². The predicted octanol–water partition coefficient (Wildman–Crippen LogP) is 3.54. The molecule has 6 heteroatoms. The van der Waals surface area contributed by atoms with E-state index in [4.69, 9.17) is 0 Å². The molecule has 0 amide bonds. The Morgan fingerprint density at radius 3 is 2.14 bits per heavy atom. The van der Waals surface area contributed by atoms with Gasteiger partial charge in [-0.15, -0.1) is 0 Å². The SMILES string of the molecule is CC(Nc1ccc(S(C)(=O)=O)cc1)c1ccc(F)c(F)c1. The zero-order chi connectivity index (χ0) is 15.6. The van der Waals surface area contributed by atoms with Crippen molar-refractivity contribution < 1.29 is 17.2 Å². The molecule has 1 N–H and O–H groups in total. The van der Waals surface area contributed by atoms with Crippen molar-refractivity contribution in [1.82, 2.24) is 0 Å². The van der Waals surface area contributed by atoms with Crippen LogP contribution in [0.15, 0.2) is 47.4 Å². The summed E-state index contributed by atoms with van der Waals surface area (Å²) in [5.74, 6) is -1.78. The van der Waals surface area contributed by atoms with E-state index in [9.17, 15) is 17.2 Å². The summed E-state index contributed by atoms with van der Waals surface area (Å²) in [5.41, 5.74) is 1.29. The Hall–Kier alpha value is -1.95. The molecule has 0 aliphatic heterocycles. The fourth-order valence-electron chi connectivity index (χ4n) is 1.91. The maximum atomic E-state index is 13.2. The Morgan fingerprint density at radius 1 is 1.00 bits per heavy atom. The van der Waals surface area contributed by atoms with Crippen molar-refractivity contribution in [3.05, 3.63) is 59.7 Å². The van der Waals surface area contributed by atoms with E-state index in [1.54, 1.807) is 19.1 Å². The molecule has 0 heterocycles. The van der Waals surface area contributed by atoms with Gasteiger partial charge in [0.05, 0.1) is 4.90 Å². The zero-order valence-electron chi connectivity index (χ0n) is 11.6. The van der Waals surface area contributed by atoms with Gasteiger partial charge in [0.2, 0.25) is 0 Å². The van der Waals surface area contributed by atoms with Gasteiger partial charge in [-0.25, -0.2) is 17.2 Å². The van der Waals surface area contributed by atoms with Crippen LogP contribution in [-0.4, -0.2) is 14.7 Å². The summed E-state index contributed by atoms with van der Waals surface area (Å²) >= 11 is 0. The van der Waals surface area contributed by atoms with Crippen molar-refractivity contribution >= 4 is 15.5 Å². The number of anilines is 1. The van der Waals surface area contributed by atoms with Crippen LogP contribution in [0.3, 0.4) is 0 Å². The first-order valence-electron chi connectivity index (χ1n) is 6.29. The standard InChI is InChI=1S/C15H15F2NO2S/c1-10(11-3-8-14(16)15(17)9-11)18-12-4-6-13(7-5-12)21(2,19)20/h3-10,18H,1-2H3. The first kappa shape index (κ1) is 15.4. The van der Waals surface area contributed by atoms with E-state index in [1.165, 1.54) is 18.2 Å². The Kier molecular flexibility index (Phi) is 4.27. The van der Waals surface area contributed by atoms with E-state index >= 15 is 0 Å². The highest BCUT2D eigenvalue weighted by Crippen LogP contribution is 2.22. The average molecular weight is 311 g/mol. The molecule has 2 aromatic rings. The Morgan fingerprint density at radius 2 is 1.62 bits per heavy atom. The first-order valence-corrected chi connectivity index (χ1v) is 8.18. The van der Waals surface area contributed by atoms with E-state index in [-0.39, 0.29) is 10.9 Å². The maximum absolute atomic E-state index is 13.2. The Balaban J connectivity index is 2.15. The highest BCUT2D eigenvalue weighted by atomic mass is 32.2. The van der Waals surface area contributed by atoms with Crippen molar-refractivity contribution in [1.29, 1.82) is 0 Å². The molecule has 1 atom stereocenters. The number of benzene rings is 2. The average Bonchev–Trinajstić information content (AvgIpc) is 2.41. The monoisotopic (exact) mass is 311 g/mol. The highest BCUT2D eigenvalue weighted by molar-refractivity contribution is 7.90. The fraction of sp³-hybridized carbons (Fsp3) is 0.200. The third kappa shape index (κ3) is 3.78. The molecule has 21 heavy (non-hydrogen) atoms. The normalized spacial score (nSPS) is 13.0. The lowest BCUT2D eigenvalue weighted by Crippen LogP contribution is -2.07. The highest BCUT2D eigenvalue weighted by Gasteiger charge is 2.10. The lowest BCUT2D eigenvalue weighted by atomic mass is 10.1. The van der Waals surface area contributed by atoms with Crippen molar-refractivity contribution in [3.63, 3.8) is 0 Å². The minimum Gasteiger partial charge on any atom is -0.379 e. The summed E-state index contributed by atoms with van der Waals surface area (Å²) in [6.45, 7) is 1.80. The molecule has 112 valence electrons. The van der Waals surface area contributed by atoms with Crippen LogP contribution in [0.4, 0.5) is 14.5 Å². The van der Waals surface area contributed by atoms with Gasteiger partial charge < -0.3 is 5.32 Å². The zero-order valence-corrected chi connectivity index (χ0v) is 12.4. The quantitative estimate of drug-likeness (QED) is 0.939. The smallest absolute Gasteiger partial charge is 0.175 e. The van der Waals surface area contributed by atoms with E-state index in [0.29, 0.717) is 11.3 Å². The molecule has 0 aliphatic carbocycles. The third-order valence-electron chi connectivity index (χ3n) is 3.11. The number of nitrogens with one attached hydrogen (secondary N) is 1. The Bertz CT molecular complexity index is 743. The topological polar surface area (TPSA) is 46.2 Å². The molecule has 0 saturated heterocycles. The lowest BCUT2D eigenvalue weighted by molar-refractivity contribution is 0.506. The van der Waals surface area contributed by atoms with Gasteiger partial charge in [-0.1, -0.05) is 6.07 Å². The van der Waals surface area contributed by atoms with E-state index in [0.717, 1.165) is 18.4 Å². The minimum atomic E-state index is -3.23. The van der Waals surface area contributed by atoms with E-state index in [2.05, 4.69) is 5.32 Å². The number of hydrogen-bond acceptors (Lipinski definition) is 3. The van der Waals surface area contributed by atoms with Gasteiger partial charge in [0.15, 0.2) is 21.5 Å². The molecule has 2 rings (SSSR count). The van der Waals surface area contributed by atoms with Gasteiger partial charge in [0.25, 0.3) is 0 Å². The van der Waals surface area contributed by atoms with Crippen LogP contribution in [0.5, 0.6) is 0 Å². The molecular weight excluding hydrogens is 296 g/mol. The Labute approximate surface area is 122 Å². The number of halogens is 2. The van der Waals surface area contributed by atoms with Crippen LogP contribution in [0.25, 0.3) is 0 Å². The van der Waals surface area contributed by atoms with Crippen LogP contribution in [0, 0.1) is 11.6 Å². The minimum absolute atomic E-state index is 0.230. The molecule has 0 spiro atoms. The molecular formula is C15H15F2NO2S. The first-order chi connectivity index (χ1) is 9.77. The van der Waals surface area contributed by atoms with Gasteiger partial charge in [-0.3, -0.25) is 0 Å². The molecule has 0 aliphatic rings. The number of hydrogen-bond donors (Lipinski definition) is 1. The molecule has 2 aromatic carbocycles. The van der Waals surface area contributed by atoms with Gasteiger partial charge in [0, 0.05) is 18.0 Å². The molecule has 3 nitrogen and oxygen atoms in total. The van der Waals surface area contributed by atoms with Crippen LogP contribution in [0.2, 0.25) is 0 Å². The van der Waals surface area contributed by atoms with Crippen molar-refractivity contribution in [2.45, 2.75) is 17.9 Å². The summed E-state index contributed by atoms with van der Waals surface area (Å²) in [6.07, 6.45) is 1.14. The summed E-state index contributed by atoms with van der Waals surface area (Å²) in [6, 6.07) is 9.73. The summed E-state index contributed by atoms with van der Waals surface area (Å²) in [4.78, 5) is 0.230. The van der Waals surface area contributed by atoms with Crippen LogP contribution in [0.1, 0.15) is 18.5 Å². The van der Waals surface area contributed by atoms with Gasteiger partial charge in [-0.2, -0.15) is 0 Å². The molecule has 1 unspecified atom stereocenters. The van der Waals surface area contributed by atoms with Crippen LogP contribution in [-0.2, 0) is 9.84 Å². The molecule has 0 aromatic heterocycles. The molecule has 0 fully saturated rings. The van der Waals surface area contributed by atoms with Crippen LogP contribution < -0.4 is 5.32 Å². The van der Waals surface area contributed by atoms with E-state index in [1.807, 2.05) is 0 Å². The lowest BCUT2D eigenvalue weighted by Gasteiger charge is -2.16. The van der Waals surface area contributed by atoms with Crippen molar-refractivity contribution in [2.24, 2.45) is 0 Å². The maximum Gasteiger partial charge on any atom is 0.175 e. The largest absolute Gasteiger partial charge is 0.379 e. The van der Waals surface area contributed by atoms with Gasteiger partial charge in [0.1, 0.15) is 0 Å². The third-order valence-corrected chi connectivity index (χ3v) is 4.24. The summed E-state index contributed by atoms with van der Waals surface area (Å²) in [7, 11) is -3.23. The van der Waals surface area contributed by atoms with Crippen molar-refractivity contribution in [2.75, 3.05) is 11.6 Å². The van der Waals surface area contributed by atoms with Gasteiger partial charge in [-0.05, 0) is 48.9 Å². The number of rotatable bonds is 4. The van der Waals surface area contributed by atoms with Gasteiger partial charge >= 0.3 is 0 Å². The van der Waals surface area contributed by atoms with E-state index < -0.39 is 21.5 Å². The second-order valence-electron chi connectivity index (χ2n) is 4.84. The molecule has 0 radical (unpaired) electrons. The second kappa shape index (κ2) is 5.81.